The van der Waals surface area contributed by atoms with Crippen molar-refractivity contribution in [3.05, 3.63) is 33.3 Å². The van der Waals surface area contributed by atoms with E-state index >= 15 is 0 Å². The quantitative estimate of drug-likeness (QED) is 0.596. The SMILES string of the molecule is [2H]C(=O)c1cc(Br)cc2c1O[C@H](C(F)(F)F)C(C(=O)OC)=C2. The average molecular weight is 366 g/mol. The van der Waals surface area contributed by atoms with E-state index in [-0.39, 0.29) is 11.1 Å². The molecule has 112 valence electrons. The molecule has 2 rings (SSSR count). The molecule has 0 aromatic heterocycles. The van der Waals surface area contributed by atoms with E-state index in [1.54, 1.807) is 0 Å². The van der Waals surface area contributed by atoms with Crippen LogP contribution in [0.3, 0.4) is 0 Å². The molecule has 1 heterocycles. The number of ether oxygens (including phenoxy) is 2. The lowest BCUT2D eigenvalue weighted by Crippen LogP contribution is -2.40. The first-order valence-corrected chi connectivity index (χ1v) is 6.32. The highest BCUT2D eigenvalue weighted by Gasteiger charge is 2.49. The zero-order valence-electron chi connectivity index (χ0n) is 11.5. The van der Waals surface area contributed by atoms with Crippen molar-refractivity contribution in [1.82, 2.24) is 0 Å². The van der Waals surface area contributed by atoms with E-state index in [1.807, 2.05) is 0 Å². The van der Waals surface area contributed by atoms with E-state index in [9.17, 15) is 22.8 Å². The summed E-state index contributed by atoms with van der Waals surface area (Å²) in [6, 6.07) is 2.55. The number of carbonyl (C=O) groups is 2. The summed E-state index contributed by atoms with van der Waals surface area (Å²) in [6.45, 7) is 0. The Kier molecular flexibility index (Phi) is 3.71. The molecule has 0 radical (unpaired) electrons. The first-order valence-electron chi connectivity index (χ1n) is 6.03. The van der Waals surface area contributed by atoms with Crippen LogP contribution in [0.15, 0.2) is 22.2 Å². The van der Waals surface area contributed by atoms with Gasteiger partial charge in [0, 0.05) is 10.0 Å². The smallest absolute Gasteiger partial charge is 0.430 e. The summed E-state index contributed by atoms with van der Waals surface area (Å²) < 4.78 is 55.9. The van der Waals surface area contributed by atoms with Crippen molar-refractivity contribution in [3.8, 4) is 5.75 Å². The van der Waals surface area contributed by atoms with Gasteiger partial charge < -0.3 is 9.47 Å². The van der Waals surface area contributed by atoms with Crippen LogP contribution in [0.1, 0.15) is 17.3 Å². The van der Waals surface area contributed by atoms with Gasteiger partial charge in [-0.25, -0.2) is 4.79 Å². The maximum absolute atomic E-state index is 13.1. The van der Waals surface area contributed by atoms with E-state index < -0.39 is 35.8 Å². The van der Waals surface area contributed by atoms with Crippen LogP contribution in [0.4, 0.5) is 13.2 Å². The lowest BCUT2D eigenvalue weighted by molar-refractivity contribution is -0.187. The molecule has 1 atom stereocenters. The number of benzene rings is 1. The zero-order chi connectivity index (χ0) is 16.7. The fourth-order valence-corrected chi connectivity index (χ4v) is 2.36. The van der Waals surface area contributed by atoms with Crippen LogP contribution in [-0.4, -0.2) is 31.6 Å². The molecule has 0 saturated heterocycles. The second-order valence-electron chi connectivity index (χ2n) is 4.10. The Labute approximate surface area is 127 Å². The van der Waals surface area contributed by atoms with E-state index in [4.69, 9.17) is 6.11 Å². The molecule has 0 unspecified atom stereocenters. The fraction of sp³-hybridized carbons (Fsp3) is 0.231. The van der Waals surface area contributed by atoms with Crippen molar-refractivity contribution >= 4 is 34.2 Å². The summed E-state index contributed by atoms with van der Waals surface area (Å²) in [4.78, 5) is 22.8. The van der Waals surface area contributed by atoms with Gasteiger partial charge in [0.05, 0.1) is 18.2 Å². The first kappa shape index (κ1) is 14.1. The summed E-state index contributed by atoms with van der Waals surface area (Å²) in [5, 5.41) is 0. The van der Waals surface area contributed by atoms with Crippen LogP contribution < -0.4 is 4.74 Å². The summed E-state index contributed by atoms with van der Waals surface area (Å²) in [6.07, 6.45) is -7.70. The Morgan fingerprint density at radius 3 is 2.71 bits per heavy atom. The Balaban J connectivity index is 2.68. The van der Waals surface area contributed by atoms with E-state index in [2.05, 4.69) is 20.7 Å². The average Bonchev–Trinajstić information content (AvgIpc) is 2.42. The highest BCUT2D eigenvalue weighted by atomic mass is 79.9. The van der Waals surface area contributed by atoms with Gasteiger partial charge >= 0.3 is 12.1 Å². The molecule has 0 N–H and O–H groups in total. The minimum Gasteiger partial charge on any atom is -0.474 e. The Hall–Kier alpha value is -1.83. The van der Waals surface area contributed by atoms with Gasteiger partial charge in [0.15, 0.2) is 6.26 Å². The normalized spacial score (nSPS) is 18.0. The van der Waals surface area contributed by atoms with Crippen LogP contribution >= 0.6 is 15.9 Å². The van der Waals surface area contributed by atoms with E-state index in [1.165, 1.54) is 12.1 Å². The maximum atomic E-state index is 13.1. The second-order valence-corrected chi connectivity index (χ2v) is 5.02. The van der Waals surface area contributed by atoms with Crippen LogP contribution in [0, 0.1) is 0 Å². The predicted octanol–water partition coefficient (Wildman–Crippen LogP) is 3.14. The minimum atomic E-state index is -4.88. The topological polar surface area (TPSA) is 52.6 Å². The Morgan fingerprint density at radius 2 is 2.19 bits per heavy atom. The number of hydrogen-bond acceptors (Lipinski definition) is 4. The van der Waals surface area contributed by atoms with Crippen LogP contribution in [0.25, 0.3) is 6.08 Å². The molecule has 1 aliphatic rings. The van der Waals surface area contributed by atoms with Gasteiger partial charge in [-0.15, -0.1) is 0 Å². The van der Waals surface area contributed by atoms with Crippen molar-refractivity contribution < 1.29 is 33.6 Å². The highest BCUT2D eigenvalue weighted by molar-refractivity contribution is 9.10. The van der Waals surface area contributed by atoms with Crippen molar-refractivity contribution in [1.29, 1.82) is 0 Å². The number of esters is 1. The van der Waals surface area contributed by atoms with Gasteiger partial charge in [0.1, 0.15) is 7.12 Å². The first-order chi connectivity index (χ1) is 10.1. The van der Waals surface area contributed by atoms with Crippen molar-refractivity contribution in [2.75, 3.05) is 7.11 Å². The molecule has 0 amide bonds. The van der Waals surface area contributed by atoms with Crippen molar-refractivity contribution in [2.24, 2.45) is 0 Å². The number of rotatable bonds is 2. The fourth-order valence-electron chi connectivity index (χ4n) is 1.88. The molecule has 0 bridgehead atoms. The third-order valence-corrected chi connectivity index (χ3v) is 3.20. The number of fused-ring (bicyclic) bond motifs is 1. The maximum Gasteiger partial charge on any atom is 0.430 e. The Morgan fingerprint density at radius 1 is 1.52 bits per heavy atom. The molecule has 1 aromatic carbocycles. The van der Waals surface area contributed by atoms with E-state index in [0.717, 1.165) is 13.2 Å². The van der Waals surface area contributed by atoms with Crippen molar-refractivity contribution in [2.45, 2.75) is 12.3 Å². The predicted molar refractivity (Wildman–Crippen MR) is 70.0 cm³/mol. The standard InChI is InChI=1S/C13H8BrF3O4/c1-20-12(19)9-4-6-2-8(14)3-7(5-18)10(6)21-11(9)13(15,16)17/h2-5,11H,1H3/t11-/m0/s1/i5D. The zero-order valence-corrected chi connectivity index (χ0v) is 12.0. The van der Waals surface area contributed by atoms with Gasteiger partial charge in [-0.2, -0.15) is 13.2 Å². The molecule has 0 spiro atoms. The third kappa shape index (κ3) is 2.94. The number of methoxy groups -OCH3 is 1. The van der Waals surface area contributed by atoms with Crippen LogP contribution in [-0.2, 0) is 9.53 Å². The number of halogens is 4. The molecular weight excluding hydrogens is 357 g/mol. The van der Waals surface area contributed by atoms with E-state index in [0.29, 0.717) is 4.47 Å². The van der Waals surface area contributed by atoms with Gasteiger partial charge in [0.25, 0.3) is 0 Å². The molecule has 21 heavy (non-hydrogen) atoms. The van der Waals surface area contributed by atoms with Crippen LogP contribution in [0.2, 0.25) is 0 Å². The molecule has 1 aromatic rings. The lowest BCUT2D eigenvalue weighted by Gasteiger charge is -2.28. The number of carbonyl (C=O) groups excluding carboxylic acids is 2. The second kappa shape index (κ2) is 5.51. The van der Waals surface area contributed by atoms with Crippen molar-refractivity contribution in [3.63, 3.8) is 0 Å². The molecule has 8 heteroatoms. The lowest BCUT2D eigenvalue weighted by atomic mass is 9.99. The summed E-state index contributed by atoms with van der Waals surface area (Å²) in [7, 11) is 0.950. The summed E-state index contributed by atoms with van der Waals surface area (Å²) >= 11 is 3.08. The summed E-state index contributed by atoms with van der Waals surface area (Å²) in [5.41, 5.74) is -0.992. The highest BCUT2D eigenvalue weighted by Crippen LogP contribution is 2.40. The third-order valence-electron chi connectivity index (χ3n) is 2.74. The summed E-state index contributed by atoms with van der Waals surface area (Å²) in [5.74, 6) is -1.58. The molecule has 1 aliphatic heterocycles. The molecule has 4 nitrogen and oxygen atoms in total. The minimum absolute atomic E-state index is 0.0749. The van der Waals surface area contributed by atoms with Crippen LogP contribution in [0.5, 0.6) is 5.75 Å². The van der Waals surface area contributed by atoms with Gasteiger partial charge in [-0.3, -0.25) is 4.79 Å². The number of alkyl halides is 3. The number of hydrogen-bond donors (Lipinski definition) is 0. The largest absolute Gasteiger partial charge is 0.474 e. The molecule has 0 aliphatic carbocycles. The van der Waals surface area contributed by atoms with Gasteiger partial charge in [-0.05, 0) is 18.2 Å². The molecule has 0 saturated carbocycles. The monoisotopic (exact) mass is 365 g/mol. The van der Waals surface area contributed by atoms with Gasteiger partial charge in [0.2, 0.25) is 6.10 Å². The Bertz CT molecular complexity index is 685. The number of aldehydes is 1. The van der Waals surface area contributed by atoms with Gasteiger partial charge in [-0.1, -0.05) is 15.9 Å². The molecular formula is C13H8BrF3O4. The molecule has 0 fully saturated rings.